The zero-order chi connectivity index (χ0) is 17.8. The van der Waals surface area contributed by atoms with Crippen molar-refractivity contribution in [3.8, 4) is 17.2 Å². The van der Waals surface area contributed by atoms with E-state index in [9.17, 15) is 9.18 Å². The Hall–Kier alpha value is -2.76. The molecule has 0 N–H and O–H groups in total. The van der Waals surface area contributed by atoms with Crippen LogP contribution in [0.15, 0.2) is 42.5 Å². The first-order valence-corrected chi connectivity index (χ1v) is 8.04. The summed E-state index contributed by atoms with van der Waals surface area (Å²) in [6.07, 6.45) is 0.557. The number of halogens is 1. The van der Waals surface area contributed by atoms with Gasteiger partial charge in [0.05, 0.1) is 20.8 Å². The predicted molar refractivity (Wildman–Crippen MR) is 90.9 cm³/mol. The molecule has 1 aliphatic rings. The summed E-state index contributed by atoms with van der Waals surface area (Å²) in [6, 6.07) is 11.1. The van der Waals surface area contributed by atoms with Gasteiger partial charge in [-0.2, -0.15) is 0 Å². The van der Waals surface area contributed by atoms with Crippen molar-refractivity contribution in [2.24, 2.45) is 0 Å². The Morgan fingerprint density at radius 1 is 1.12 bits per heavy atom. The van der Waals surface area contributed by atoms with Gasteiger partial charge in [0.2, 0.25) is 0 Å². The Labute approximate surface area is 145 Å². The SMILES string of the molecule is COc1ccc(C(=O)N2CCC(Oc3cccc(F)c3)C2)cc1OC. The molecule has 1 fully saturated rings. The molecule has 2 aromatic carbocycles. The van der Waals surface area contributed by atoms with Crippen molar-refractivity contribution in [3.05, 3.63) is 53.8 Å². The number of likely N-dealkylation sites (tertiary alicyclic amines) is 1. The molecule has 3 rings (SSSR count). The molecule has 132 valence electrons. The first kappa shape index (κ1) is 17.1. The Balaban J connectivity index is 1.66. The molecule has 0 aromatic heterocycles. The third-order valence-electron chi connectivity index (χ3n) is 4.16. The molecule has 1 amide bonds. The summed E-state index contributed by atoms with van der Waals surface area (Å²) in [6.45, 7) is 1.05. The van der Waals surface area contributed by atoms with Crippen molar-refractivity contribution in [1.29, 1.82) is 0 Å². The van der Waals surface area contributed by atoms with Crippen LogP contribution in [0.25, 0.3) is 0 Å². The number of methoxy groups -OCH3 is 2. The van der Waals surface area contributed by atoms with Crippen LogP contribution in [0.2, 0.25) is 0 Å². The smallest absolute Gasteiger partial charge is 0.254 e. The summed E-state index contributed by atoms with van der Waals surface area (Å²) in [4.78, 5) is 14.4. The lowest BCUT2D eigenvalue weighted by Crippen LogP contribution is -2.30. The highest BCUT2D eigenvalue weighted by Crippen LogP contribution is 2.29. The first-order chi connectivity index (χ1) is 12.1. The van der Waals surface area contributed by atoms with Crippen molar-refractivity contribution in [3.63, 3.8) is 0 Å². The second kappa shape index (κ2) is 7.42. The number of rotatable bonds is 5. The quantitative estimate of drug-likeness (QED) is 0.835. The number of carbonyl (C=O) groups is 1. The predicted octanol–water partition coefficient (Wildman–Crippen LogP) is 3.14. The van der Waals surface area contributed by atoms with Gasteiger partial charge in [-0.05, 0) is 30.3 Å². The molecule has 25 heavy (non-hydrogen) atoms. The van der Waals surface area contributed by atoms with Crippen molar-refractivity contribution in [1.82, 2.24) is 4.90 Å². The van der Waals surface area contributed by atoms with Crippen LogP contribution in [0.4, 0.5) is 4.39 Å². The highest BCUT2D eigenvalue weighted by molar-refractivity contribution is 5.95. The molecule has 2 aromatic rings. The van der Waals surface area contributed by atoms with E-state index in [0.717, 1.165) is 0 Å². The molecule has 0 saturated carbocycles. The Bertz CT molecular complexity index is 765. The van der Waals surface area contributed by atoms with Crippen LogP contribution in [0.3, 0.4) is 0 Å². The van der Waals surface area contributed by atoms with E-state index in [1.54, 1.807) is 42.3 Å². The van der Waals surface area contributed by atoms with Gasteiger partial charge in [0.15, 0.2) is 11.5 Å². The van der Waals surface area contributed by atoms with Gasteiger partial charge in [0, 0.05) is 24.6 Å². The molecule has 0 bridgehead atoms. The van der Waals surface area contributed by atoms with Gasteiger partial charge in [-0.25, -0.2) is 4.39 Å². The highest BCUT2D eigenvalue weighted by Gasteiger charge is 2.28. The average Bonchev–Trinajstić information content (AvgIpc) is 3.09. The Kier molecular flexibility index (Phi) is 5.07. The van der Waals surface area contributed by atoms with Crippen molar-refractivity contribution in [2.45, 2.75) is 12.5 Å². The van der Waals surface area contributed by atoms with E-state index < -0.39 is 0 Å². The number of amides is 1. The molecule has 1 aliphatic heterocycles. The maximum Gasteiger partial charge on any atom is 0.254 e. The summed E-state index contributed by atoms with van der Waals surface area (Å²) in [5.41, 5.74) is 0.532. The van der Waals surface area contributed by atoms with Crippen LogP contribution in [-0.4, -0.2) is 44.2 Å². The number of ether oxygens (including phenoxy) is 3. The standard InChI is InChI=1S/C19H20FNO4/c1-23-17-7-6-13(10-18(17)24-2)19(22)21-9-8-16(12-21)25-15-5-3-4-14(20)11-15/h3-7,10-11,16H,8-9,12H2,1-2H3. The minimum atomic E-state index is -0.339. The number of hydrogen-bond acceptors (Lipinski definition) is 4. The topological polar surface area (TPSA) is 48.0 Å². The van der Waals surface area contributed by atoms with Gasteiger partial charge >= 0.3 is 0 Å². The fourth-order valence-corrected chi connectivity index (χ4v) is 2.89. The third kappa shape index (κ3) is 3.84. The number of nitrogens with zero attached hydrogens (tertiary/aromatic N) is 1. The van der Waals surface area contributed by atoms with E-state index >= 15 is 0 Å². The Morgan fingerprint density at radius 3 is 2.64 bits per heavy atom. The minimum Gasteiger partial charge on any atom is -0.493 e. The average molecular weight is 345 g/mol. The van der Waals surface area contributed by atoms with Gasteiger partial charge < -0.3 is 19.1 Å². The lowest BCUT2D eigenvalue weighted by molar-refractivity contribution is 0.0772. The van der Waals surface area contributed by atoms with Gasteiger partial charge in [-0.3, -0.25) is 4.79 Å². The summed E-state index contributed by atoms with van der Waals surface area (Å²) >= 11 is 0. The third-order valence-corrected chi connectivity index (χ3v) is 4.16. The number of hydrogen-bond donors (Lipinski definition) is 0. The van der Waals surface area contributed by atoms with Crippen molar-refractivity contribution < 1.29 is 23.4 Å². The lowest BCUT2D eigenvalue weighted by Gasteiger charge is -2.18. The zero-order valence-corrected chi connectivity index (χ0v) is 14.2. The second-order valence-corrected chi connectivity index (χ2v) is 5.81. The Morgan fingerprint density at radius 2 is 1.92 bits per heavy atom. The van der Waals surface area contributed by atoms with Crippen LogP contribution in [0, 0.1) is 5.82 Å². The minimum absolute atomic E-state index is 0.0914. The number of benzene rings is 2. The summed E-state index contributed by atoms with van der Waals surface area (Å²) < 4.78 is 29.4. The molecule has 0 aliphatic carbocycles. The van der Waals surface area contributed by atoms with Crippen LogP contribution in [0.1, 0.15) is 16.8 Å². The van der Waals surface area contributed by atoms with Gasteiger partial charge in [0.1, 0.15) is 17.7 Å². The maximum absolute atomic E-state index is 13.2. The highest BCUT2D eigenvalue weighted by atomic mass is 19.1. The zero-order valence-electron chi connectivity index (χ0n) is 14.2. The molecule has 1 atom stereocenters. The van der Waals surface area contributed by atoms with Gasteiger partial charge in [-0.15, -0.1) is 0 Å². The van der Waals surface area contributed by atoms with Crippen LogP contribution in [-0.2, 0) is 0 Å². The van der Waals surface area contributed by atoms with Crippen LogP contribution >= 0.6 is 0 Å². The van der Waals surface area contributed by atoms with Crippen LogP contribution in [0.5, 0.6) is 17.2 Å². The van der Waals surface area contributed by atoms with E-state index in [1.807, 2.05) is 0 Å². The van der Waals surface area contributed by atoms with E-state index in [0.29, 0.717) is 42.3 Å². The largest absolute Gasteiger partial charge is 0.493 e. The maximum atomic E-state index is 13.2. The van der Waals surface area contributed by atoms with Crippen LogP contribution < -0.4 is 14.2 Å². The summed E-state index contributed by atoms with van der Waals surface area (Å²) in [7, 11) is 3.08. The van der Waals surface area contributed by atoms with E-state index in [-0.39, 0.29) is 17.8 Å². The molecule has 1 unspecified atom stereocenters. The lowest BCUT2D eigenvalue weighted by atomic mass is 10.1. The molecule has 5 nitrogen and oxygen atoms in total. The molecule has 0 radical (unpaired) electrons. The molecule has 1 saturated heterocycles. The van der Waals surface area contributed by atoms with E-state index in [2.05, 4.69) is 0 Å². The normalized spacial score (nSPS) is 16.6. The molecule has 1 heterocycles. The summed E-state index contributed by atoms with van der Waals surface area (Å²) in [5, 5.41) is 0. The molecule has 0 spiro atoms. The summed E-state index contributed by atoms with van der Waals surface area (Å²) in [5.74, 6) is 1.14. The monoisotopic (exact) mass is 345 g/mol. The van der Waals surface area contributed by atoms with E-state index in [1.165, 1.54) is 19.2 Å². The van der Waals surface area contributed by atoms with Crippen molar-refractivity contribution in [2.75, 3.05) is 27.3 Å². The van der Waals surface area contributed by atoms with Gasteiger partial charge in [-0.1, -0.05) is 6.07 Å². The fourth-order valence-electron chi connectivity index (χ4n) is 2.89. The molecular weight excluding hydrogens is 325 g/mol. The number of carbonyl (C=O) groups excluding carboxylic acids is 1. The second-order valence-electron chi connectivity index (χ2n) is 5.81. The molecular formula is C19H20FNO4. The van der Waals surface area contributed by atoms with Gasteiger partial charge in [0.25, 0.3) is 5.91 Å². The first-order valence-electron chi connectivity index (χ1n) is 8.04. The molecule has 6 heteroatoms. The fraction of sp³-hybridized carbons (Fsp3) is 0.316. The van der Waals surface area contributed by atoms with E-state index in [4.69, 9.17) is 14.2 Å². The van der Waals surface area contributed by atoms with Crippen molar-refractivity contribution >= 4 is 5.91 Å².